The number of carbonyl (C=O) groups excluding carboxylic acids is 3. The number of hydrogen-bond acceptors (Lipinski definition) is 5. The van der Waals surface area contributed by atoms with Gasteiger partial charge in [-0.25, -0.2) is 0 Å². The SMILES string of the molecule is CC(=O)Nc1ccc(C(=O)NCCN2CCN(C(=O)c3cccs3)CC2)cc1. The standard InChI is InChI=1S/C20H24N4O3S/c1-15(25)22-17-6-4-16(5-7-17)19(26)21-8-9-23-10-12-24(13-11-23)20(27)18-3-2-14-28-18/h2-7,14H,8-13H2,1H3,(H,21,26)(H,22,25). The quantitative estimate of drug-likeness (QED) is 0.776. The van der Waals surface area contributed by atoms with Crippen molar-refractivity contribution in [1.29, 1.82) is 0 Å². The molecule has 0 atom stereocenters. The molecule has 148 valence electrons. The van der Waals surface area contributed by atoms with E-state index in [1.54, 1.807) is 24.3 Å². The molecule has 0 unspecified atom stereocenters. The average molecular weight is 401 g/mol. The molecule has 1 aromatic heterocycles. The van der Waals surface area contributed by atoms with Crippen molar-refractivity contribution in [1.82, 2.24) is 15.1 Å². The molecule has 8 heteroatoms. The lowest BCUT2D eigenvalue weighted by molar-refractivity contribution is -0.114. The second-order valence-corrected chi connectivity index (χ2v) is 7.57. The van der Waals surface area contributed by atoms with Crippen molar-refractivity contribution in [3.8, 4) is 0 Å². The molecule has 0 saturated carbocycles. The number of nitrogens with zero attached hydrogens (tertiary/aromatic N) is 2. The van der Waals surface area contributed by atoms with Crippen LogP contribution in [0.5, 0.6) is 0 Å². The Morgan fingerprint density at radius 3 is 2.36 bits per heavy atom. The molecule has 1 fully saturated rings. The monoisotopic (exact) mass is 400 g/mol. The van der Waals surface area contributed by atoms with Gasteiger partial charge in [0, 0.05) is 57.4 Å². The maximum absolute atomic E-state index is 12.3. The number of anilines is 1. The Hall–Kier alpha value is -2.71. The molecule has 2 heterocycles. The molecule has 2 aromatic rings. The van der Waals surface area contributed by atoms with E-state index in [9.17, 15) is 14.4 Å². The smallest absolute Gasteiger partial charge is 0.264 e. The van der Waals surface area contributed by atoms with Gasteiger partial charge in [-0.1, -0.05) is 6.07 Å². The molecule has 0 spiro atoms. The first kappa shape index (κ1) is 20.0. The van der Waals surface area contributed by atoms with Gasteiger partial charge >= 0.3 is 0 Å². The van der Waals surface area contributed by atoms with Crippen LogP contribution in [0.1, 0.15) is 27.0 Å². The minimum absolute atomic E-state index is 0.102. The van der Waals surface area contributed by atoms with Gasteiger partial charge in [0.05, 0.1) is 4.88 Å². The highest BCUT2D eigenvalue weighted by Crippen LogP contribution is 2.14. The molecule has 3 amide bonds. The summed E-state index contributed by atoms with van der Waals surface area (Å²) in [5.74, 6) is -0.180. The third-order valence-electron chi connectivity index (χ3n) is 4.57. The van der Waals surface area contributed by atoms with Crippen LogP contribution in [-0.4, -0.2) is 66.8 Å². The van der Waals surface area contributed by atoms with E-state index in [1.807, 2.05) is 22.4 Å². The molecule has 0 aliphatic carbocycles. The van der Waals surface area contributed by atoms with Crippen LogP contribution in [0.2, 0.25) is 0 Å². The lowest BCUT2D eigenvalue weighted by Crippen LogP contribution is -2.50. The molecule has 2 N–H and O–H groups in total. The van der Waals surface area contributed by atoms with Crippen LogP contribution in [0.15, 0.2) is 41.8 Å². The maximum atomic E-state index is 12.3. The van der Waals surface area contributed by atoms with Crippen molar-refractivity contribution in [2.45, 2.75) is 6.92 Å². The first-order valence-corrected chi connectivity index (χ1v) is 10.1. The minimum Gasteiger partial charge on any atom is -0.351 e. The lowest BCUT2D eigenvalue weighted by atomic mass is 10.2. The third-order valence-corrected chi connectivity index (χ3v) is 5.43. The van der Waals surface area contributed by atoms with Crippen molar-refractivity contribution < 1.29 is 14.4 Å². The van der Waals surface area contributed by atoms with Crippen molar-refractivity contribution >= 4 is 34.7 Å². The number of thiophene rings is 1. The predicted molar refractivity (Wildman–Crippen MR) is 110 cm³/mol. The normalized spacial score (nSPS) is 14.5. The molecule has 1 aliphatic rings. The van der Waals surface area contributed by atoms with Crippen LogP contribution in [0.3, 0.4) is 0 Å². The van der Waals surface area contributed by atoms with E-state index in [0.717, 1.165) is 24.5 Å². The predicted octanol–water partition coefficient (Wildman–Crippen LogP) is 1.89. The Kier molecular flexibility index (Phi) is 6.78. The summed E-state index contributed by atoms with van der Waals surface area (Å²) >= 11 is 1.47. The van der Waals surface area contributed by atoms with E-state index < -0.39 is 0 Å². The van der Waals surface area contributed by atoms with E-state index in [1.165, 1.54) is 18.3 Å². The first-order chi connectivity index (χ1) is 13.5. The van der Waals surface area contributed by atoms with E-state index in [2.05, 4.69) is 15.5 Å². The lowest BCUT2D eigenvalue weighted by Gasteiger charge is -2.34. The zero-order chi connectivity index (χ0) is 19.9. The summed E-state index contributed by atoms with van der Waals surface area (Å²) in [6.45, 7) is 5.75. The average Bonchev–Trinajstić information content (AvgIpc) is 3.23. The Labute approximate surface area is 168 Å². The van der Waals surface area contributed by atoms with Crippen LogP contribution in [0.25, 0.3) is 0 Å². The molecule has 3 rings (SSSR count). The highest BCUT2D eigenvalue weighted by Gasteiger charge is 2.22. The fourth-order valence-corrected chi connectivity index (χ4v) is 3.76. The summed E-state index contributed by atoms with van der Waals surface area (Å²) < 4.78 is 0. The number of piperazine rings is 1. The third kappa shape index (κ3) is 5.40. The number of carbonyl (C=O) groups is 3. The first-order valence-electron chi connectivity index (χ1n) is 9.24. The molecule has 1 aromatic carbocycles. The van der Waals surface area contributed by atoms with Crippen LogP contribution in [-0.2, 0) is 4.79 Å². The Morgan fingerprint density at radius 1 is 1.04 bits per heavy atom. The highest BCUT2D eigenvalue weighted by molar-refractivity contribution is 7.12. The zero-order valence-electron chi connectivity index (χ0n) is 15.8. The van der Waals surface area contributed by atoms with Gasteiger partial charge in [-0.3, -0.25) is 19.3 Å². The Morgan fingerprint density at radius 2 is 1.75 bits per heavy atom. The van der Waals surface area contributed by atoms with Crippen molar-refractivity contribution in [3.05, 3.63) is 52.2 Å². The maximum Gasteiger partial charge on any atom is 0.264 e. The molecule has 1 aliphatic heterocycles. The summed E-state index contributed by atoms with van der Waals surface area (Å²) in [7, 11) is 0. The van der Waals surface area contributed by atoms with Gasteiger partial charge in [-0.15, -0.1) is 11.3 Å². The number of rotatable bonds is 6. The van der Waals surface area contributed by atoms with Gasteiger partial charge in [0.1, 0.15) is 0 Å². The topological polar surface area (TPSA) is 81.8 Å². The number of hydrogen-bond donors (Lipinski definition) is 2. The van der Waals surface area contributed by atoms with Gasteiger partial charge in [0.25, 0.3) is 11.8 Å². The molecular weight excluding hydrogens is 376 g/mol. The van der Waals surface area contributed by atoms with Crippen LogP contribution in [0.4, 0.5) is 5.69 Å². The van der Waals surface area contributed by atoms with E-state index >= 15 is 0 Å². The van der Waals surface area contributed by atoms with Crippen LogP contribution < -0.4 is 10.6 Å². The van der Waals surface area contributed by atoms with Crippen molar-refractivity contribution in [2.24, 2.45) is 0 Å². The summed E-state index contributed by atoms with van der Waals surface area (Å²) in [6, 6.07) is 10.5. The van der Waals surface area contributed by atoms with E-state index in [0.29, 0.717) is 30.9 Å². The fourth-order valence-electron chi connectivity index (χ4n) is 3.07. The second kappa shape index (κ2) is 9.48. The van der Waals surface area contributed by atoms with Gasteiger partial charge in [-0.05, 0) is 35.7 Å². The van der Waals surface area contributed by atoms with Crippen molar-refractivity contribution in [3.63, 3.8) is 0 Å². The zero-order valence-corrected chi connectivity index (χ0v) is 16.6. The van der Waals surface area contributed by atoms with Gasteiger partial charge in [0.2, 0.25) is 5.91 Å². The number of benzene rings is 1. The molecular formula is C20H24N4O3S. The number of amides is 3. The molecule has 28 heavy (non-hydrogen) atoms. The molecule has 0 radical (unpaired) electrons. The van der Waals surface area contributed by atoms with Gasteiger partial charge < -0.3 is 15.5 Å². The van der Waals surface area contributed by atoms with Gasteiger partial charge in [-0.2, -0.15) is 0 Å². The van der Waals surface area contributed by atoms with E-state index in [4.69, 9.17) is 0 Å². The van der Waals surface area contributed by atoms with Crippen LogP contribution in [0, 0.1) is 0 Å². The summed E-state index contributed by atoms with van der Waals surface area (Å²) in [6.07, 6.45) is 0. The largest absolute Gasteiger partial charge is 0.351 e. The van der Waals surface area contributed by atoms with Gasteiger partial charge in [0.15, 0.2) is 0 Å². The minimum atomic E-state index is -0.144. The fraction of sp³-hybridized carbons (Fsp3) is 0.350. The Balaban J connectivity index is 1.38. The highest BCUT2D eigenvalue weighted by atomic mass is 32.1. The molecule has 7 nitrogen and oxygen atoms in total. The van der Waals surface area contributed by atoms with E-state index in [-0.39, 0.29) is 17.7 Å². The summed E-state index contributed by atoms with van der Waals surface area (Å²) in [5.41, 5.74) is 1.22. The Bertz CT molecular complexity index is 812. The number of nitrogens with one attached hydrogen (secondary N) is 2. The summed E-state index contributed by atoms with van der Waals surface area (Å²) in [5, 5.41) is 7.51. The molecule has 1 saturated heterocycles. The van der Waals surface area contributed by atoms with Crippen molar-refractivity contribution in [2.75, 3.05) is 44.6 Å². The second-order valence-electron chi connectivity index (χ2n) is 6.63. The molecule has 0 bridgehead atoms. The summed E-state index contributed by atoms with van der Waals surface area (Å²) in [4.78, 5) is 40.5. The van der Waals surface area contributed by atoms with Crippen LogP contribution >= 0.6 is 11.3 Å².